The molecule has 0 saturated heterocycles. The maximum Gasteiger partial charge on any atom is 0.409 e. The zero-order valence-corrected chi connectivity index (χ0v) is 15.3. The maximum atomic E-state index is 11.9. The van der Waals surface area contributed by atoms with Crippen molar-refractivity contribution in [2.24, 2.45) is 0 Å². The fourth-order valence-electron chi connectivity index (χ4n) is 2.17. The molecule has 2 amide bonds. The molecular weight excluding hydrogens is 332 g/mol. The van der Waals surface area contributed by atoms with Crippen molar-refractivity contribution in [3.8, 4) is 5.75 Å². The van der Waals surface area contributed by atoms with Crippen LogP contribution in [0.5, 0.6) is 5.75 Å². The van der Waals surface area contributed by atoms with Gasteiger partial charge in [-0.3, -0.25) is 4.79 Å². The second kappa shape index (κ2) is 9.46. The average Bonchev–Trinajstić information content (AvgIpc) is 2.66. The Balaban J connectivity index is 1.72. The lowest BCUT2D eigenvalue weighted by molar-refractivity contribution is 0.0827. The van der Waals surface area contributed by atoms with Gasteiger partial charge in [-0.25, -0.2) is 4.79 Å². The van der Waals surface area contributed by atoms with Gasteiger partial charge in [0.1, 0.15) is 19.0 Å². The molecule has 6 nitrogen and oxygen atoms in total. The summed E-state index contributed by atoms with van der Waals surface area (Å²) in [6, 6.07) is 16.4. The summed E-state index contributed by atoms with van der Waals surface area (Å²) in [7, 11) is 5.08. The van der Waals surface area contributed by atoms with E-state index in [2.05, 4.69) is 0 Å². The van der Waals surface area contributed by atoms with Gasteiger partial charge < -0.3 is 19.3 Å². The molecule has 2 aromatic carbocycles. The first kappa shape index (κ1) is 19.3. The van der Waals surface area contributed by atoms with Crippen LogP contribution >= 0.6 is 0 Å². The van der Waals surface area contributed by atoms with E-state index >= 15 is 0 Å². The Bertz CT molecular complexity index is 714. The van der Waals surface area contributed by atoms with Crippen LogP contribution in [-0.4, -0.2) is 56.1 Å². The van der Waals surface area contributed by atoms with Crippen LogP contribution in [0.1, 0.15) is 15.9 Å². The minimum Gasteiger partial charge on any atom is -0.492 e. The van der Waals surface area contributed by atoms with Gasteiger partial charge in [0.2, 0.25) is 0 Å². The van der Waals surface area contributed by atoms with Gasteiger partial charge in [0.25, 0.3) is 5.91 Å². The SMILES string of the molecule is CN(C)C(=O)c1ccc(OCCN(C)C(=O)OCc2ccccc2)cc1. The largest absolute Gasteiger partial charge is 0.492 e. The number of carbonyl (C=O) groups excluding carboxylic acids is 2. The Hall–Kier alpha value is -3.02. The first-order chi connectivity index (χ1) is 12.5. The van der Waals surface area contributed by atoms with Crippen LogP contribution in [0.4, 0.5) is 4.79 Å². The van der Waals surface area contributed by atoms with Gasteiger partial charge in [-0.1, -0.05) is 30.3 Å². The first-order valence-electron chi connectivity index (χ1n) is 8.33. The second-order valence-corrected chi connectivity index (χ2v) is 6.03. The maximum absolute atomic E-state index is 11.9. The predicted octanol–water partition coefficient (Wildman–Crippen LogP) is 3.04. The monoisotopic (exact) mass is 356 g/mol. The van der Waals surface area contributed by atoms with Gasteiger partial charge in [-0.2, -0.15) is 0 Å². The molecule has 0 radical (unpaired) electrons. The van der Waals surface area contributed by atoms with Gasteiger partial charge in [0.05, 0.1) is 6.54 Å². The Morgan fingerprint density at radius 2 is 1.58 bits per heavy atom. The van der Waals surface area contributed by atoms with Crippen molar-refractivity contribution in [1.82, 2.24) is 9.80 Å². The quantitative estimate of drug-likeness (QED) is 0.765. The molecule has 0 aliphatic carbocycles. The Labute approximate surface area is 153 Å². The fourth-order valence-corrected chi connectivity index (χ4v) is 2.17. The number of amides is 2. The highest BCUT2D eigenvalue weighted by Gasteiger charge is 2.11. The molecule has 0 fully saturated rings. The summed E-state index contributed by atoms with van der Waals surface area (Å²) >= 11 is 0. The smallest absolute Gasteiger partial charge is 0.409 e. The number of hydrogen-bond donors (Lipinski definition) is 0. The van der Waals surface area contributed by atoms with E-state index < -0.39 is 6.09 Å². The van der Waals surface area contributed by atoms with Crippen molar-refractivity contribution >= 4 is 12.0 Å². The minimum atomic E-state index is -0.399. The van der Waals surface area contributed by atoms with Crippen molar-refractivity contribution in [3.05, 3.63) is 65.7 Å². The molecule has 6 heteroatoms. The lowest BCUT2D eigenvalue weighted by Gasteiger charge is -2.17. The standard InChI is InChI=1S/C20H24N2O4/c1-21(2)19(23)17-9-11-18(12-10-17)25-14-13-22(3)20(24)26-15-16-7-5-4-6-8-16/h4-12H,13-15H2,1-3H3. The summed E-state index contributed by atoms with van der Waals surface area (Å²) in [5.41, 5.74) is 1.54. The Kier molecular flexibility index (Phi) is 7.02. The number of carbonyl (C=O) groups is 2. The van der Waals surface area contributed by atoms with Crippen molar-refractivity contribution < 1.29 is 19.1 Å². The van der Waals surface area contributed by atoms with Gasteiger partial charge in [0.15, 0.2) is 0 Å². The van der Waals surface area contributed by atoms with Crippen LogP contribution in [0.3, 0.4) is 0 Å². The molecule has 0 atom stereocenters. The molecule has 2 aromatic rings. The highest BCUT2D eigenvalue weighted by atomic mass is 16.6. The van der Waals surface area contributed by atoms with Crippen LogP contribution in [0.25, 0.3) is 0 Å². The molecule has 26 heavy (non-hydrogen) atoms. The third-order valence-corrected chi connectivity index (χ3v) is 3.72. The highest BCUT2D eigenvalue weighted by Crippen LogP contribution is 2.13. The molecular formula is C20H24N2O4. The summed E-state index contributed by atoms with van der Waals surface area (Å²) in [5.74, 6) is 0.587. The highest BCUT2D eigenvalue weighted by molar-refractivity contribution is 5.93. The number of rotatable bonds is 7. The van der Waals surface area contributed by atoms with E-state index in [9.17, 15) is 9.59 Å². The molecule has 0 heterocycles. The minimum absolute atomic E-state index is 0.0579. The second-order valence-electron chi connectivity index (χ2n) is 6.03. The predicted molar refractivity (Wildman–Crippen MR) is 99.2 cm³/mol. The lowest BCUT2D eigenvalue weighted by Crippen LogP contribution is -2.31. The molecule has 0 aliphatic heterocycles. The van der Waals surface area contributed by atoms with Crippen molar-refractivity contribution in [2.75, 3.05) is 34.3 Å². The van der Waals surface area contributed by atoms with Crippen LogP contribution in [-0.2, 0) is 11.3 Å². The summed E-state index contributed by atoms with van der Waals surface area (Å²) < 4.78 is 10.9. The molecule has 0 unspecified atom stereocenters. The van der Waals surface area contributed by atoms with Gasteiger partial charge in [-0.15, -0.1) is 0 Å². The van der Waals surface area contributed by atoms with Gasteiger partial charge >= 0.3 is 6.09 Å². The topological polar surface area (TPSA) is 59.1 Å². The molecule has 2 rings (SSSR count). The molecule has 0 spiro atoms. The van der Waals surface area contributed by atoms with Crippen molar-refractivity contribution in [3.63, 3.8) is 0 Å². The van der Waals surface area contributed by atoms with Crippen LogP contribution in [0, 0.1) is 0 Å². The van der Waals surface area contributed by atoms with E-state index in [-0.39, 0.29) is 12.5 Å². The lowest BCUT2D eigenvalue weighted by atomic mass is 10.2. The normalized spacial score (nSPS) is 10.1. The van der Waals surface area contributed by atoms with E-state index in [0.29, 0.717) is 24.5 Å². The van der Waals surface area contributed by atoms with E-state index in [1.807, 2.05) is 30.3 Å². The third-order valence-electron chi connectivity index (χ3n) is 3.72. The number of ether oxygens (including phenoxy) is 2. The van der Waals surface area contributed by atoms with Crippen LogP contribution in [0.2, 0.25) is 0 Å². The van der Waals surface area contributed by atoms with Crippen molar-refractivity contribution in [1.29, 1.82) is 0 Å². The number of benzene rings is 2. The zero-order chi connectivity index (χ0) is 18.9. The average molecular weight is 356 g/mol. The van der Waals surface area contributed by atoms with Crippen LogP contribution in [0.15, 0.2) is 54.6 Å². The van der Waals surface area contributed by atoms with E-state index in [4.69, 9.17) is 9.47 Å². The third kappa shape index (κ3) is 5.81. The molecule has 0 aliphatic rings. The summed E-state index contributed by atoms with van der Waals surface area (Å²) in [5, 5.41) is 0. The molecule has 0 saturated carbocycles. The molecule has 0 N–H and O–H groups in total. The van der Waals surface area contributed by atoms with Crippen LogP contribution < -0.4 is 4.74 Å². The Morgan fingerprint density at radius 3 is 2.19 bits per heavy atom. The van der Waals surface area contributed by atoms with Gasteiger partial charge in [0, 0.05) is 26.7 Å². The van der Waals surface area contributed by atoms with Gasteiger partial charge in [-0.05, 0) is 29.8 Å². The fraction of sp³-hybridized carbons (Fsp3) is 0.300. The number of likely N-dealkylation sites (N-methyl/N-ethyl adjacent to an activating group) is 1. The van der Waals surface area contributed by atoms with E-state index in [0.717, 1.165) is 5.56 Å². The molecule has 0 aromatic heterocycles. The Morgan fingerprint density at radius 1 is 0.923 bits per heavy atom. The molecule has 0 bridgehead atoms. The summed E-state index contributed by atoms with van der Waals surface area (Å²) in [6.45, 7) is 0.968. The van der Waals surface area contributed by atoms with Crippen molar-refractivity contribution in [2.45, 2.75) is 6.61 Å². The number of nitrogens with zero attached hydrogens (tertiary/aromatic N) is 2. The van der Waals surface area contributed by atoms with E-state index in [1.54, 1.807) is 45.4 Å². The van der Waals surface area contributed by atoms with E-state index in [1.165, 1.54) is 9.80 Å². The zero-order valence-electron chi connectivity index (χ0n) is 15.3. The first-order valence-corrected chi connectivity index (χ1v) is 8.33. The summed E-state index contributed by atoms with van der Waals surface area (Å²) in [4.78, 5) is 26.8. The molecule has 138 valence electrons. The number of hydrogen-bond acceptors (Lipinski definition) is 4. The summed E-state index contributed by atoms with van der Waals surface area (Å²) in [6.07, 6.45) is -0.399.